The second-order valence-electron chi connectivity index (χ2n) is 5.52. The monoisotopic (exact) mass is 375 g/mol. The summed E-state index contributed by atoms with van der Waals surface area (Å²) >= 11 is 5.90. The predicted octanol–water partition coefficient (Wildman–Crippen LogP) is 3.25. The fraction of sp³-hybridized carbons (Fsp3) is 0.211. The first-order chi connectivity index (χ1) is 12.4. The first kappa shape index (κ1) is 19.5. The highest BCUT2D eigenvalue weighted by atomic mass is 35.5. The molecule has 0 fully saturated rings. The number of carbonyl (C=O) groups excluding carboxylic acids is 2. The quantitative estimate of drug-likeness (QED) is 0.691. The lowest BCUT2D eigenvalue weighted by Gasteiger charge is -2.15. The van der Waals surface area contributed by atoms with Crippen LogP contribution < -0.4 is 10.1 Å². The van der Waals surface area contributed by atoms with E-state index in [1.807, 2.05) is 0 Å². The number of methoxy groups -OCH3 is 1. The van der Waals surface area contributed by atoms with Crippen LogP contribution in [-0.2, 0) is 9.59 Å². The summed E-state index contributed by atoms with van der Waals surface area (Å²) in [5.41, 5.74) is 0.738. The van der Waals surface area contributed by atoms with Gasteiger partial charge in [0.2, 0.25) is 5.91 Å². The molecule has 0 unspecified atom stereocenters. The van der Waals surface area contributed by atoms with Crippen molar-refractivity contribution >= 4 is 29.3 Å². The van der Waals surface area contributed by atoms with Crippen LogP contribution in [0.25, 0.3) is 0 Å². The van der Waals surface area contributed by atoms with Gasteiger partial charge in [-0.05, 0) is 23.8 Å². The van der Waals surface area contributed by atoms with Crippen LogP contribution in [0, 0.1) is 0 Å². The summed E-state index contributed by atoms with van der Waals surface area (Å²) in [6.45, 7) is 0. The van der Waals surface area contributed by atoms with Gasteiger partial charge in [0.25, 0.3) is 0 Å². The molecule has 1 atom stereocenters. The SMILES string of the molecule is COc1ccc(Cl)cc1C(=O)CCC(=O)N[C@H](C(=O)O)c1ccccc1. The molecule has 0 aliphatic carbocycles. The molecule has 2 aromatic rings. The van der Waals surface area contributed by atoms with Gasteiger partial charge in [0.05, 0.1) is 12.7 Å². The number of ether oxygens (including phenoxy) is 1. The topological polar surface area (TPSA) is 92.7 Å². The van der Waals surface area contributed by atoms with Crippen LogP contribution in [0.4, 0.5) is 0 Å². The van der Waals surface area contributed by atoms with Crippen LogP contribution in [0.2, 0.25) is 5.02 Å². The van der Waals surface area contributed by atoms with Gasteiger partial charge in [0.15, 0.2) is 11.8 Å². The van der Waals surface area contributed by atoms with Crippen molar-refractivity contribution in [3.05, 3.63) is 64.7 Å². The zero-order valence-corrected chi connectivity index (χ0v) is 14.8. The van der Waals surface area contributed by atoms with Gasteiger partial charge in [-0.25, -0.2) is 4.79 Å². The second kappa shape index (κ2) is 9.01. The van der Waals surface area contributed by atoms with Crippen molar-refractivity contribution in [1.29, 1.82) is 0 Å². The molecule has 2 aromatic carbocycles. The minimum absolute atomic E-state index is 0.0936. The molecule has 0 aliphatic rings. The normalized spacial score (nSPS) is 11.5. The molecule has 0 spiro atoms. The van der Waals surface area contributed by atoms with Crippen LogP contribution in [0.5, 0.6) is 5.75 Å². The average molecular weight is 376 g/mol. The van der Waals surface area contributed by atoms with Crippen molar-refractivity contribution in [2.45, 2.75) is 18.9 Å². The minimum Gasteiger partial charge on any atom is -0.496 e. The fourth-order valence-corrected chi connectivity index (χ4v) is 2.60. The molecule has 7 heteroatoms. The summed E-state index contributed by atoms with van der Waals surface area (Å²) in [4.78, 5) is 35.8. The van der Waals surface area contributed by atoms with E-state index in [1.165, 1.54) is 13.2 Å². The van der Waals surface area contributed by atoms with Gasteiger partial charge in [-0.2, -0.15) is 0 Å². The molecular weight excluding hydrogens is 358 g/mol. The lowest BCUT2D eigenvalue weighted by Crippen LogP contribution is -2.33. The van der Waals surface area contributed by atoms with Gasteiger partial charge in [0, 0.05) is 17.9 Å². The summed E-state index contributed by atoms with van der Waals surface area (Å²) in [7, 11) is 1.43. The van der Waals surface area contributed by atoms with Crippen LogP contribution >= 0.6 is 11.6 Å². The molecule has 0 aromatic heterocycles. The largest absolute Gasteiger partial charge is 0.496 e. The van der Waals surface area contributed by atoms with Crippen LogP contribution in [0.3, 0.4) is 0 Å². The Morgan fingerprint density at radius 2 is 1.81 bits per heavy atom. The highest BCUT2D eigenvalue weighted by molar-refractivity contribution is 6.31. The number of halogens is 1. The number of carbonyl (C=O) groups is 3. The molecule has 1 amide bonds. The summed E-state index contributed by atoms with van der Waals surface area (Å²) in [6, 6.07) is 11.8. The number of nitrogens with one attached hydrogen (secondary N) is 1. The van der Waals surface area contributed by atoms with Gasteiger partial charge in [-0.3, -0.25) is 9.59 Å². The van der Waals surface area contributed by atoms with E-state index in [0.717, 1.165) is 0 Å². The maximum Gasteiger partial charge on any atom is 0.330 e. The van der Waals surface area contributed by atoms with Crippen molar-refractivity contribution < 1.29 is 24.2 Å². The molecule has 0 saturated carbocycles. The number of carboxylic acids is 1. The molecular formula is C19H18ClNO5. The Kier molecular flexibility index (Phi) is 6.74. The van der Waals surface area contributed by atoms with Gasteiger partial charge in [0.1, 0.15) is 5.75 Å². The number of carboxylic acid groups (broad SMARTS) is 1. The van der Waals surface area contributed by atoms with E-state index in [0.29, 0.717) is 16.3 Å². The van der Waals surface area contributed by atoms with Gasteiger partial charge < -0.3 is 15.2 Å². The highest BCUT2D eigenvalue weighted by Crippen LogP contribution is 2.24. The number of hydrogen-bond acceptors (Lipinski definition) is 4. The van der Waals surface area contributed by atoms with Crippen molar-refractivity contribution in [2.75, 3.05) is 7.11 Å². The number of amides is 1. The molecule has 0 aliphatic heterocycles. The van der Waals surface area contributed by atoms with Crippen molar-refractivity contribution in [2.24, 2.45) is 0 Å². The van der Waals surface area contributed by atoms with Crippen LogP contribution in [-0.4, -0.2) is 29.9 Å². The number of benzene rings is 2. The lowest BCUT2D eigenvalue weighted by molar-refractivity contribution is -0.142. The summed E-state index contributed by atoms with van der Waals surface area (Å²) in [5.74, 6) is -1.65. The van der Waals surface area contributed by atoms with Crippen LogP contribution in [0.1, 0.15) is 34.8 Å². The maximum atomic E-state index is 12.3. The molecule has 0 heterocycles. The Morgan fingerprint density at radius 1 is 1.12 bits per heavy atom. The van der Waals surface area contributed by atoms with Crippen molar-refractivity contribution in [3.63, 3.8) is 0 Å². The van der Waals surface area contributed by atoms with Gasteiger partial charge >= 0.3 is 5.97 Å². The maximum absolute atomic E-state index is 12.3. The van der Waals surface area contributed by atoms with E-state index in [1.54, 1.807) is 42.5 Å². The zero-order valence-electron chi connectivity index (χ0n) is 14.1. The van der Waals surface area contributed by atoms with Crippen LogP contribution in [0.15, 0.2) is 48.5 Å². The van der Waals surface area contributed by atoms with E-state index in [2.05, 4.69) is 5.32 Å². The smallest absolute Gasteiger partial charge is 0.330 e. The summed E-state index contributed by atoms with van der Waals surface area (Å²) < 4.78 is 5.12. The number of hydrogen-bond donors (Lipinski definition) is 2. The van der Waals surface area contributed by atoms with E-state index in [-0.39, 0.29) is 24.2 Å². The summed E-state index contributed by atoms with van der Waals surface area (Å²) in [6.07, 6.45) is -0.241. The van der Waals surface area contributed by atoms with E-state index < -0.39 is 17.9 Å². The third kappa shape index (κ3) is 5.07. The highest BCUT2D eigenvalue weighted by Gasteiger charge is 2.22. The number of aliphatic carboxylic acids is 1. The molecule has 136 valence electrons. The predicted molar refractivity (Wildman–Crippen MR) is 96.5 cm³/mol. The van der Waals surface area contributed by atoms with E-state index in [4.69, 9.17) is 16.3 Å². The Labute approximate surface area is 155 Å². The zero-order chi connectivity index (χ0) is 19.1. The van der Waals surface area contributed by atoms with Gasteiger partial charge in [-0.15, -0.1) is 0 Å². The second-order valence-corrected chi connectivity index (χ2v) is 5.95. The minimum atomic E-state index is -1.17. The molecule has 2 N–H and O–H groups in total. The lowest BCUT2D eigenvalue weighted by atomic mass is 10.0. The Hall–Kier alpha value is -2.86. The summed E-state index contributed by atoms with van der Waals surface area (Å²) in [5, 5.41) is 12.1. The molecule has 0 saturated heterocycles. The molecule has 26 heavy (non-hydrogen) atoms. The Balaban J connectivity index is 2.01. The third-order valence-electron chi connectivity index (χ3n) is 3.73. The first-order valence-corrected chi connectivity index (χ1v) is 8.24. The number of rotatable bonds is 8. The Morgan fingerprint density at radius 3 is 2.42 bits per heavy atom. The first-order valence-electron chi connectivity index (χ1n) is 7.86. The molecule has 0 bridgehead atoms. The van der Waals surface area contributed by atoms with Gasteiger partial charge in [-0.1, -0.05) is 41.9 Å². The van der Waals surface area contributed by atoms with E-state index >= 15 is 0 Å². The number of ketones is 1. The number of Topliss-reactive ketones (excluding diaryl/α,β-unsaturated/α-hetero) is 1. The third-order valence-corrected chi connectivity index (χ3v) is 3.96. The molecule has 2 rings (SSSR count). The standard InChI is InChI=1S/C19H18ClNO5/c1-26-16-9-7-13(20)11-14(16)15(22)8-10-17(23)21-18(19(24)25)12-5-3-2-4-6-12/h2-7,9,11,18H,8,10H2,1H3,(H,21,23)(H,24,25)/t18-/m0/s1. The van der Waals surface area contributed by atoms with Crippen molar-refractivity contribution in [1.82, 2.24) is 5.32 Å². The molecule has 6 nitrogen and oxygen atoms in total. The Bertz CT molecular complexity index is 807. The average Bonchev–Trinajstić information content (AvgIpc) is 2.64. The fourth-order valence-electron chi connectivity index (χ4n) is 2.43. The van der Waals surface area contributed by atoms with E-state index in [9.17, 15) is 19.5 Å². The molecule has 0 radical (unpaired) electrons. The van der Waals surface area contributed by atoms with Crippen molar-refractivity contribution in [3.8, 4) is 5.75 Å².